The van der Waals surface area contributed by atoms with E-state index in [2.05, 4.69) is 17.6 Å². The largest absolute Gasteiger partial charge is 0.396 e. The van der Waals surface area contributed by atoms with Gasteiger partial charge in [0.1, 0.15) is 0 Å². The van der Waals surface area contributed by atoms with Gasteiger partial charge in [-0.15, -0.1) is 0 Å². The van der Waals surface area contributed by atoms with E-state index in [1.165, 1.54) is 38.5 Å². The smallest absolute Gasteiger partial charge is 0.315 e. The first-order valence-electron chi connectivity index (χ1n) is 8.29. The molecule has 4 nitrogen and oxygen atoms in total. The second kappa shape index (κ2) is 10.0. The van der Waals surface area contributed by atoms with Gasteiger partial charge in [0.05, 0.1) is 0 Å². The molecule has 1 aliphatic carbocycles. The zero-order valence-electron chi connectivity index (χ0n) is 13.2. The monoisotopic (exact) mass is 284 g/mol. The average Bonchev–Trinajstić information content (AvgIpc) is 2.44. The molecular weight excluding hydrogens is 252 g/mol. The van der Waals surface area contributed by atoms with Gasteiger partial charge >= 0.3 is 6.03 Å². The van der Waals surface area contributed by atoms with Crippen molar-refractivity contribution in [1.29, 1.82) is 0 Å². The number of urea groups is 1. The van der Waals surface area contributed by atoms with Crippen LogP contribution in [0.4, 0.5) is 4.79 Å². The highest BCUT2D eigenvalue weighted by Gasteiger charge is 2.15. The van der Waals surface area contributed by atoms with Crippen molar-refractivity contribution in [2.24, 2.45) is 5.92 Å². The molecule has 0 radical (unpaired) electrons. The van der Waals surface area contributed by atoms with Crippen LogP contribution in [0.3, 0.4) is 0 Å². The lowest BCUT2D eigenvalue weighted by Gasteiger charge is -2.23. The van der Waals surface area contributed by atoms with Crippen LogP contribution >= 0.6 is 0 Å². The number of rotatable bonds is 8. The molecule has 1 fully saturated rings. The van der Waals surface area contributed by atoms with Gasteiger partial charge in [0.25, 0.3) is 0 Å². The van der Waals surface area contributed by atoms with Crippen LogP contribution in [0, 0.1) is 5.92 Å². The van der Waals surface area contributed by atoms with E-state index in [0.717, 1.165) is 25.2 Å². The number of amides is 2. The Morgan fingerprint density at radius 3 is 2.30 bits per heavy atom. The van der Waals surface area contributed by atoms with Crippen LogP contribution < -0.4 is 10.6 Å². The van der Waals surface area contributed by atoms with Gasteiger partial charge in [-0.3, -0.25) is 0 Å². The highest BCUT2D eigenvalue weighted by atomic mass is 16.3. The summed E-state index contributed by atoms with van der Waals surface area (Å²) in [5, 5.41) is 14.7. The highest BCUT2D eigenvalue weighted by molar-refractivity contribution is 5.74. The first kappa shape index (κ1) is 17.3. The Morgan fingerprint density at radius 2 is 1.70 bits per heavy atom. The third-order valence-electron chi connectivity index (χ3n) is 4.28. The van der Waals surface area contributed by atoms with Crippen molar-refractivity contribution in [1.82, 2.24) is 10.6 Å². The molecule has 0 saturated heterocycles. The maximum Gasteiger partial charge on any atom is 0.315 e. The number of carbonyl (C=O) groups is 1. The molecule has 118 valence electrons. The molecule has 0 aromatic heterocycles. The number of aliphatic hydroxyl groups excluding tert-OH is 1. The van der Waals surface area contributed by atoms with Crippen molar-refractivity contribution in [3.63, 3.8) is 0 Å². The Morgan fingerprint density at radius 1 is 1.10 bits per heavy atom. The molecule has 3 N–H and O–H groups in total. The van der Waals surface area contributed by atoms with Crippen LogP contribution in [0.15, 0.2) is 0 Å². The molecular formula is C16H32N2O2. The fourth-order valence-corrected chi connectivity index (χ4v) is 2.99. The van der Waals surface area contributed by atoms with E-state index < -0.39 is 0 Å². The fraction of sp³-hybridized carbons (Fsp3) is 0.938. The summed E-state index contributed by atoms with van der Waals surface area (Å²) in [5.74, 6) is 0.875. The van der Waals surface area contributed by atoms with E-state index >= 15 is 0 Å². The zero-order valence-corrected chi connectivity index (χ0v) is 13.2. The first-order valence-corrected chi connectivity index (χ1v) is 8.29. The number of carbonyl (C=O) groups excluding carboxylic acids is 1. The minimum atomic E-state index is -0.0772. The number of aliphatic hydroxyl groups is 1. The van der Waals surface area contributed by atoms with Gasteiger partial charge in [-0.2, -0.15) is 0 Å². The normalized spacial score (nSPS) is 19.4. The third-order valence-corrected chi connectivity index (χ3v) is 4.28. The van der Waals surface area contributed by atoms with E-state index in [-0.39, 0.29) is 24.7 Å². The van der Waals surface area contributed by atoms with Crippen molar-refractivity contribution < 1.29 is 9.90 Å². The van der Waals surface area contributed by atoms with Gasteiger partial charge in [0.15, 0.2) is 0 Å². The zero-order chi connectivity index (χ0) is 14.8. The van der Waals surface area contributed by atoms with Gasteiger partial charge in [-0.1, -0.05) is 32.1 Å². The molecule has 0 aliphatic heterocycles. The summed E-state index contributed by atoms with van der Waals surface area (Å²) >= 11 is 0. The molecule has 1 rings (SSSR count). The Labute approximate surface area is 123 Å². The number of hydrogen-bond donors (Lipinski definition) is 3. The van der Waals surface area contributed by atoms with Gasteiger partial charge in [-0.05, 0) is 45.4 Å². The summed E-state index contributed by atoms with van der Waals surface area (Å²) in [5.41, 5.74) is 0. The maximum absolute atomic E-state index is 11.8. The van der Waals surface area contributed by atoms with Gasteiger partial charge < -0.3 is 15.7 Å². The molecule has 0 aromatic carbocycles. The average molecular weight is 284 g/mol. The van der Waals surface area contributed by atoms with E-state index in [1.807, 2.05) is 6.92 Å². The lowest BCUT2D eigenvalue weighted by molar-refractivity contribution is 0.229. The fourth-order valence-electron chi connectivity index (χ4n) is 2.99. The molecule has 20 heavy (non-hydrogen) atoms. The van der Waals surface area contributed by atoms with Gasteiger partial charge in [-0.25, -0.2) is 4.79 Å². The SMILES string of the molecule is CC(CCCO)NC(=O)NC(C)CCC1CCCCC1. The number of hydrogen-bond acceptors (Lipinski definition) is 2. The van der Waals surface area contributed by atoms with Gasteiger partial charge in [0.2, 0.25) is 0 Å². The topological polar surface area (TPSA) is 61.4 Å². The Balaban J connectivity index is 2.10. The maximum atomic E-state index is 11.8. The lowest BCUT2D eigenvalue weighted by atomic mass is 9.85. The summed E-state index contributed by atoms with van der Waals surface area (Å²) in [6.07, 6.45) is 10.8. The quantitative estimate of drug-likeness (QED) is 0.641. The van der Waals surface area contributed by atoms with Crippen LogP contribution in [-0.4, -0.2) is 29.8 Å². The van der Waals surface area contributed by atoms with Crippen molar-refractivity contribution in [2.75, 3.05) is 6.61 Å². The van der Waals surface area contributed by atoms with Crippen molar-refractivity contribution >= 4 is 6.03 Å². The molecule has 0 spiro atoms. The Bertz CT molecular complexity index is 265. The molecule has 4 heteroatoms. The summed E-state index contributed by atoms with van der Waals surface area (Å²) in [7, 11) is 0. The molecule has 1 saturated carbocycles. The Kier molecular flexibility index (Phi) is 8.67. The molecule has 2 amide bonds. The van der Waals surface area contributed by atoms with Crippen LogP contribution in [0.1, 0.15) is 71.6 Å². The number of nitrogens with one attached hydrogen (secondary N) is 2. The highest BCUT2D eigenvalue weighted by Crippen LogP contribution is 2.27. The predicted octanol–water partition coefficient (Wildman–Crippen LogP) is 3.20. The van der Waals surface area contributed by atoms with E-state index in [4.69, 9.17) is 5.11 Å². The minimum absolute atomic E-state index is 0.0772. The standard InChI is InChI=1S/C16H32N2O2/c1-13(7-6-12-19)17-16(20)18-14(2)10-11-15-8-4-3-5-9-15/h13-15,19H,3-12H2,1-2H3,(H2,17,18,20). The minimum Gasteiger partial charge on any atom is -0.396 e. The van der Waals surface area contributed by atoms with Crippen LogP contribution in [0.25, 0.3) is 0 Å². The van der Waals surface area contributed by atoms with E-state index in [9.17, 15) is 4.79 Å². The lowest BCUT2D eigenvalue weighted by Crippen LogP contribution is -2.44. The molecule has 1 aliphatic rings. The molecule has 2 atom stereocenters. The summed E-state index contributed by atoms with van der Waals surface area (Å²) in [6.45, 7) is 4.24. The summed E-state index contributed by atoms with van der Waals surface area (Å²) in [4.78, 5) is 11.8. The summed E-state index contributed by atoms with van der Waals surface area (Å²) < 4.78 is 0. The van der Waals surface area contributed by atoms with E-state index in [0.29, 0.717) is 0 Å². The second-order valence-electron chi connectivity index (χ2n) is 6.37. The van der Waals surface area contributed by atoms with E-state index in [1.54, 1.807) is 0 Å². The first-order chi connectivity index (χ1) is 9.61. The third kappa shape index (κ3) is 7.73. The summed E-state index contributed by atoms with van der Waals surface area (Å²) in [6, 6.07) is 0.279. The predicted molar refractivity (Wildman–Crippen MR) is 82.7 cm³/mol. The molecule has 2 unspecified atom stereocenters. The molecule has 0 heterocycles. The second-order valence-corrected chi connectivity index (χ2v) is 6.37. The van der Waals surface area contributed by atoms with Crippen LogP contribution in [0.2, 0.25) is 0 Å². The van der Waals surface area contributed by atoms with Crippen molar-refractivity contribution in [3.05, 3.63) is 0 Å². The van der Waals surface area contributed by atoms with Gasteiger partial charge in [0, 0.05) is 18.7 Å². The Hall–Kier alpha value is -0.770. The van der Waals surface area contributed by atoms with Crippen LogP contribution in [0.5, 0.6) is 0 Å². The molecule has 0 bridgehead atoms. The van der Waals surface area contributed by atoms with Crippen molar-refractivity contribution in [2.45, 2.75) is 83.7 Å². The van der Waals surface area contributed by atoms with Crippen molar-refractivity contribution in [3.8, 4) is 0 Å². The van der Waals surface area contributed by atoms with Crippen LogP contribution in [-0.2, 0) is 0 Å². The molecule has 0 aromatic rings.